The van der Waals surface area contributed by atoms with E-state index in [-0.39, 0.29) is 5.88 Å². The van der Waals surface area contributed by atoms with E-state index in [4.69, 9.17) is 10.0 Å². The lowest BCUT2D eigenvalue weighted by atomic mass is 10.0. The third-order valence-electron chi connectivity index (χ3n) is 4.53. The fourth-order valence-corrected chi connectivity index (χ4v) is 4.40. The van der Waals surface area contributed by atoms with E-state index in [1.165, 1.54) is 4.68 Å². The van der Waals surface area contributed by atoms with E-state index in [2.05, 4.69) is 11.2 Å². The second-order valence-corrected chi connectivity index (χ2v) is 8.23. The van der Waals surface area contributed by atoms with Gasteiger partial charge in [0.2, 0.25) is 5.88 Å². The lowest BCUT2D eigenvalue weighted by molar-refractivity contribution is 0.435. The maximum Gasteiger partial charge on any atom is 0.222 e. The Hall–Kier alpha value is -2.91. The van der Waals surface area contributed by atoms with Crippen LogP contribution in [-0.4, -0.2) is 20.1 Å². The third-order valence-corrected chi connectivity index (χ3v) is 6.45. The minimum Gasteiger partial charge on any atom is -0.493 e. The first-order chi connectivity index (χ1) is 12.6. The van der Waals surface area contributed by atoms with Crippen LogP contribution in [0, 0.1) is 23.0 Å². The van der Waals surface area contributed by atoms with E-state index in [9.17, 15) is 5.11 Å². The molecule has 1 aliphatic carbocycles. The maximum atomic E-state index is 10.7. The number of aromatic hydroxyl groups is 1. The Bertz CT molecular complexity index is 1030. The molecule has 0 amide bonds. The Kier molecular flexibility index (Phi) is 4.09. The first-order valence-electron chi connectivity index (χ1n) is 8.42. The van der Waals surface area contributed by atoms with Crippen molar-refractivity contribution < 1.29 is 5.11 Å². The molecule has 0 saturated heterocycles. The number of hydrogen-bond acceptors (Lipinski definition) is 4. The van der Waals surface area contributed by atoms with Crippen LogP contribution in [-0.2, 0) is 10.7 Å². The molecule has 0 radical (unpaired) electrons. The van der Waals surface area contributed by atoms with Crippen molar-refractivity contribution >= 4 is 10.7 Å². The van der Waals surface area contributed by atoms with Crippen LogP contribution in [0.15, 0.2) is 53.4 Å². The lowest BCUT2D eigenvalue weighted by Gasteiger charge is -2.07. The van der Waals surface area contributed by atoms with Gasteiger partial charge in [-0.25, -0.2) is 4.68 Å². The summed E-state index contributed by atoms with van der Waals surface area (Å²) in [5, 5.41) is 24.6. The summed E-state index contributed by atoms with van der Waals surface area (Å²) >= 11 is 0. The van der Waals surface area contributed by atoms with E-state index in [0.29, 0.717) is 16.4 Å². The summed E-state index contributed by atoms with van der Waals surface area (Å²) in [5.74, 6) is 0.0759. The van der Waals surface area contributed by atoms with Crippen LogP contribution in [0.1, 0.15) is 24.1 Å². The van der Waals surface area contributed by atoms with Crippen molar-refractivity contribution in [2.75, 3.05) is 0 Å². The van der Waals surface area contributed by atoms with Gasteiger partial charge in [-0.15, -0.1) is 0 Å². The summed E-state index contributed by atoms with van der Waals surface area (Å²) in [4.78, 5) is 1.03. The van der Waals surface area contributed by atoms with Gasteiger partial charge in [-0.2, -0.15) is 10.4 Å². The van der Waals surface area contributed by atoms with Crippen LogP contribution < -0.4 is 0 Å². The molecule has 3 aromatic rings. The normalized spacial score (nSPS) is 14.8. The molecule has 130 valence electrons. The molecule has 0 unspecified atom stereocenters. The van der Waals surface area contributed by atoms with Crippen LogP contribution in [0.5, 0.6) is 5.88 Å². The highest BCUT2D eigenvalue weighted by molar-refractivity contribution is 7.87. The smallest absolute Gasteiger partial charge is 0.222 e. The van der Waals surface area contributed by atoms with Crippen molar-refractivity contribution in [2.45, 2.75) is 29.9 Å². The maximum absolute atomic E-state index is 10.7. The van der Waals surface area contributed by atoms with Crippen molar-refractivity contribution in [2.24, 2.45) is 0 Å². The molecule has 26 heavy (non-hydrogen) atoms. The SMILES string of the molecule is Cc1nn(-c2ccc([S@](=N)C3CC3)cc2)c(O)c1-c1ccc(C#N)cc1. The molecule has 0 spiro atoms. The summed E-state index contributed by atoms with van der Waals surface area (Å²) in [7, 11) is -0.445. The zero-order valence-electron chi connectivity index (χ0n) is 14.3. The molecule has 0 aliphatic heterocycles. The van der Waals surface area contributed by atoms with Gasteiger partial charge in [-0.05, 0) is 61.7 Å². The van der Waals surface area contributed by atoms with Gasteiger partial charge in [0, 0.05) is 10.1 Å². The Morgan fingerprint density at radius 2 is 1.81 bits per heavy atom. The summed E-state index contributed by atoms with van der Waals surface area (Å²) in [5.41, 5.74) is 3.55. The molecule has 1 atom stereocenters. The van der Waals surface area contributed by atoms with Crippen molar-refractivity contribution in [3.8, 4) is 28.8 Å². The van der Waals surface area contributed by atoms with E-state index in [1.807, 2.05) is 43.3 Å². The lowest BCUT2D eigenvalue weighted by Crippen LogP contribution is -1.99. The topological polar surface area (TPSA) is 85.7 Å². The van der Waals surface area contributed by atoms with Crippen molar-refractivity contribution in [1.82, 2.24) is 9.78 Å². The molecule has 1 heterocycles. The first-order valence-corrected chi connectivity index (χ1v) is 9.71. The molecule has 1 aliphatic rings. The number of benzene rings is 2. The van der Waals surface area contributed by atoms with E-state index >= 15 is 0 Å². The second kappa shape index (κ2) is 6.43. The molecular formula is C20H18N4OS. The highest BCUT2D eigenvalue weighted by Crippen LogP contribution is 2.35. The average molecular weight is 362 g/mol. The third kappa shape index (κ3) is 2.91. The monoisotopic (exact) mass is 362 g/mol. The van der Waals surface area contributed by atoms with E-state index in [1.54, 1.807) is 12.1 Å². The van der Waals surface area contributed by atoms with Gasteiger partial charge in [0.1, 0.15) is 0 Å². The van der Waals surface area contributed by atoms with Gasteiger partial charge < -0.3 is 5.11 Å². The number of nitriles is 1. The molecule has 1 aromatic heterocycles. The number of rotatable bonds is 4. The molecule has 0 bridgehead atoms. The van der Waals surface area contributed by atoms with Gasteiger partial charge in [0.05, 0.1) is 28.6 Å². The molecule has 1 saturated carbocycles. The van der Waals surface area contributed by atoms with Crippen LogP contribution in [0.2, 0.25) is 0 Å². The molecule has 5 nitrogen and oxygen atoms in total. The highest BCUT2D eigenvalue weighted by Gasteiger charge is 2.26. The predicted molar refractivity (Wildman–Crippen MR) is 101 cm³/mol. The van der Waals surface area contributed by atoms with E-state index < -0.39 is 10.7 Å². The largest absolute Gasteiger partial charge is 0.493 e. The van der Waals surface area contributed by atoms with Crippen molar-refractivity contribution in [3.63, 3.8) is 0 Å². The zero-order chi connectivity index (χ0) is 18.3. The summed E-state index contributed by atoms with van der Waals surface area (Å²) in [6.07, 6.45) is 2.31. The molecule has 2 aromatic carbocycles. The van der Waals surface area contributed by atoms with Gasteiger partial charge in [0.15, 0.2) is 0 Å². The average Bonchev–Trinajstić information content (AvgIpc) is 3.47. The molecule has 4 rings (SSSR count). The van der Waals surface area contributed by atoms with Gasteiger partial charge >= 0.3 is 0 Å². The van der Waals surface area contributed by atoms with Crippen molar-refractivity contribution in [1.29, 1.82) is 10.0 Å². The van der Waals surface area contributed by atoms with Crippen LogP contribution >= 0.6 is 0 Å². The minimum atomic E-state index is -0.445. The second-order valence-electron chi connectivity index (χ2n) is 6.42. The predicted octanol–water partition coefficient (Wildman–Crippen LogP) is 4.33. The molecule has 1 fully saturated rings. The molecule has 6 heteroatoms. The number of aromatic nitrogens is 2. The van der Waals surface area contributed by atoms with Gasteiger partial charge in [-0.1, -0.05) is 22.8 Å². The van der Waals surface area contributed by atoms with Crippen LogP contribution in [0.25, 0.3) is 16.8 Å². The summed E-state index contributed by atoms with van der Waals surface area (Å²) < 4.78 is 9.78. The zero-order valence-corrected chi connectivity index (χ0v) is 15.1. The quantitative estimate of drug-likeness (QED) is 0.724. The molecule has 2 N–H and O–H groups in total. The van der Waals surface area contributed by atoms with E-state index in [0.717, 1.165) is 34.7 Å². The van der Waals surface area contributed by atoms with Gasteiger partial charge in [0.25, 0.3) is 0 Å². The first kappa shape index (κ1) is 16.6. The Balaban J connectivity index is 1.69. The standard InChI is InChI=1S/C20H18N4OS/c1-13-19(15-4-2-14(12-21)3-5-15)20(25)24(23-13)16-6-8-17(9-7-16)26(22)18-10-11-18/h2-9,18,22,25H,10-11H2,1H3/t26-/m0/s1. The van der Waals surface area contributed by atoms with Crippen LogP contribution in [0.4, 0.5) is 0 Å². The number of hydrogen-bond donors (Lipinski definition) is 2. The van der Waals surface area contributed by atoms with Crippen molar-refractivity contribution in [3.05, 3.63) is 59.8 Å². The Morgan fingerprint density at radius 1 is 1.15 bits per heavy atom. The fourth-order valence-electron chi connectivity index (χ4n) is 2.97. The Labute approximate surface area is 154 Å². The van der Waals surface area contributed by atoms with Gasteiger partial charge in [-0.3, -0.25) is 4.78 Å². The Morgan fingerprint density at radius 3 is 2.38 bits per heavy atom. The summed E-state index contributed by atoms with van der Waals surface area (Å²) in [6, 6.07) is 16.9. The fraction of sp³-hybridized carbons (Fsp3) is 0.200. The minimum absolute atomic E-state index is 0.0759. The summed E-state index contributed by atoms with van der Waals surface area (Å²) in [6.45, 7) is 1.85. The number of nitrogens with zero attached hydrogens (tertiary/aromatic N) is 3. The number of nitrogens with one attached hydrogen (secondary N) is 1. The highest BCUT2D eigenvalue weighted by atomic mass is 32.2. The molecular weight excluding hydrogens is 344 g/mol. The van der Waals surface area contributed by atoms with Crippen LogP contribution in [0.3, 0.4) is 0 Å². The number of aryl methyl sites for hydroxylation is 1.